The van der Waals surface area contributed by atoms with Crippen molar-refractivity contribution in [2.45, 2.75) is 0 Å². The Morgan fingerprint density at radius 2 is 0.800 bits per heavy atom. The lowest BCUT2D eigenvalue weighted by Gasteiger charge is -2.45. The van der Waals surface area contributed by atoms with E-state index in [0.717, 1.165) is 79.0 Å². The number of benzene rings is 10. The van der Waals surface area contributed by atoms with E-state index in [1.165, 1.54) is 33.1 Å². The number of para-hydroxylation sites is 2. The van der Waals surface area contributed by atoms with Crippen LogP contribution < -0.4 is 31.1 Å². The Balaban J connectivity index is 1.21. The highest BCUT2D eigenvalue weighted by atomic mass is 15.2. The van der Waals surface area contributed by atoms with Crippen molar-refractivity contribution in [3.8, 4) is 33.4 Å². The second kappa shape index (κ2) is 18.2. The Hall–Kier alpha value is -9.12. The molecular weight excluding hydrogens is 846 g/mol. The van der Waals surface area contributed by atoms with E-state index < -0.39 is 0 Å². The largest absolute Gasteiger partial charge is 0.311 e. The summed E-state index contributed by atoms with van der Waals surface area (Å²) in [6.07, 6.45) is 5.78. The lowest BCUT2D eigenvalue weighted by Crippen LogP contribution is -2.61. The second-order valence-electron chi connectivity index (χ2n) is 17.8. The van der Waals surface area contributed by atoms with Crippen molar-refractivity contribution in [1.82, 2.24) is 0 Å². The Bertz CT molecular complexity index is 3550. The molecule has 0 radical (unpaired) electrons. The van der Waals surface area contributed by atoms with Crippen molar-refractivity contribution in [2.24, 2.45) is 0 Å². The molecule has 4 heteroatoms. The van der Waals surface area contributed by atoms with Gasteiger partial charge in [-0.2, -0.15) is 0 Å². The fourth-order valence-corrected chi connectivity index (χ4v) is 10.6. The van der Waals surface area contributed by atoms with Crippen LogP contribution in [0.3, 0.4) is 0 Å². The zero-order valence-electron chi connectivity index (χ0n) is 38.7. The molecule has 12 rings (SSSR count). The molecule has 2 heterocycles. The molecule has 10 aromatic rings. The first-order valence-corrected chi connectivity index (χ1v) is 23.9. The topological polar surface area (TPSA) is 9.72 Å². The summed E-state index contributed by atoms with van der Waals surface area (Å²) >= 11 is 0. The maximum absolute atomic E-state index is 4.21. The molecule has 0 aromatic heterocycles. The van der Waals surface area contributed by atoms with Crippen LogP contribution in [0.2, 0.25) is 0 Å². The third kappa shape index (κ3) is 7.53. The molecule has 0 bridgehead atoms. The van der Waals surface area contributed by atoms with E-state index in [9.17, 15) is 0 Å². The third-order valence-corrected chi connectivity index (χ3v) is 13.7. The minimum absolute atomic E-state index is 0.0991. The molecule has 330 valence electrons. The first-order valence-electron chi connectivity index (χ1n) is 23.9. The highest BCUT2D eigenvalue weighted by Gasteiger charge is 2.44. The molecule has 3 nitrogen and oxygen atoms in total. The molecule has 2 aliphatic rings. The van der Waals surface area contributed by atoms with Crippen LogP contribution in [0, 0.1) is 0 Å². The molecule has 0 aliphatic carbocycles. The highest BCUT2D eigenvalue weighted by Crippen LogP contribution is 2.49. The molecule has 0 saturated carbocycles. The number of allylic oxidation sites excluding steroid dienone is 4. The van der Waals surface area contributed by atoms with Crippen LogP contribution in [0.5, 0.6) is 0 Å². The fourth-order valence-electron chi connectivity index (χ4n) is 10.6. The van der Waals surface area contributed by atoms with Gasteiger partial charge in [0.05, 0.1) is 5.69 Å². The normalized spacial score (nSPS) is 12.4. The standard InChI is InChI=1S/C66H48BN3/c1-3-22-47(4-2)51-29-20-35-57(41-51)69-62-43-53(49-25-12-6-13-26-49)37-39-60(62)67-61-40-38-54(50-27-14-7-15-28-50)44-63(61)70(58-36-21-30-52(42-58)48-23-10-5-11-24-48)65-46-59(45-64(69)66(65)67)68(55-31-16-8-17-32-55)56-33-18-9-19-34-56/h3-46H,1-2H2/b47-22+. The maximum atomic E-state index is 4.21. The van der Waals surface area contributed by atoms with Gasteiger partial charge in [-0.25, -0.2) is 0 Å². The zero-order valence-corrected chi connectivity index (χ0v) is 38.7. The molecule has 70 heavy (non-hydrogen) atoms. The second-order valence-corrected chi connectivity index (χ2v) is 17.8. The molecule has 2 aliphatic heterocycles. The number of hydrogen-bond acceptors (Lipinski definition) is 3. The van der Waals surface area contributed by atoms with Gasteiger partial charge in [-0.05, 0) is 134 Å². The van der Waals surface area contributed by atoms with Crippen LogP contribution in [0.1, 0.15) is 5.56 Å². The van der Waals surface area contributed by atoms with Crippen molar-refractivity contribution in [3.05, 3.63) is 286 Å². The first-order chi connectivity index (χ1) is 34.6. The Labute approximate surface area is 411 Å². The lowest BCUT2D eigenvalue weighted by molar-refractivity contribution is 1.22. The molecule has 0 unspecified atom stereocenters. The smallest absolute Gasteiger partial charge is 0.252 e. The Morgan fingerprint density at radius 1 is 0.371 bits per heavy atom. The predicted molar refractivity (Wildman–Crippen MR) is 300 cm³/mol. The average molecular weight is 894 g/mol. The Kier molecular flexibility index (Phi) is 11.0. The van der Waals surface area contributed by atoms with Crippen LogP contribution in [0.25, 0.3) is 39.0 Å². The molecular formula is C66H48BN3. The fraction of sp³-hybridized carbons (Fsp3) is 0. The summed E-state index contributed by atoms with van der Waals surface area (Å²) < 4.78 is 0. The number of fused-ring (bicyclic) bond motifs is 4. The summed E-state index contributed by atoms with van der Waals surface area (Å²) in [4.78, 5) is 7.43. The van der Waals surface area contributed by atoms with Gasteiger partial charge in [-0.1, -0.05) is 207 Å². The Morgan fingerprint density at radius 3 is 1.27 bits per heavy atom. The molecule has 10 aromatic carbocycles. The van der Waals surface area contributed by atoms with Gasteiger partial charge in [0.2, 0.25) is 0 Å². The number of rotatable bonds is 11. The molecule has 0 fully saturated rings. The monoisotopic (exact) mass is 893 g/mol. The highest BCUT2D eigenvalue weighted by molar-refractivity contribution is 7.00. The summed E-state index contributed by atoms with van der Waals surface area (Å²) in [5.41, 5.74) is 22.6. The SMILES string of the molecule is C=C/C=C(\C=C)c1cccc(N2c3cc(-c4ccccc4)ccc3B3c4ccc(-c5ccccc5)cc4N(c4cccc(-c5ccccc5)c4)c4cc(N(c5ccccc5)c5ccccc5)cc2c43)c1. The van der Waals surface area contributed by atoms with Crippen LogP contribution in [0.4, 0.5) is 51.2 Å². The molecule has 0 saturated heterocycles. The van der Waals surface area contributed by atoms with Crippen LogP contribution in [-0.4, -0.2) is 6.71 Å². The van der Waals surface area contributed by atoms with E-state index in [-0.39, 0.29) is 6.71 Å². The average Bonchev–Trinajstić information content (AvgIpc) is 3.43. The van der Waals surface area contributed by atoms with E-state index >= 15 is 0 Å². The van der Waals surface area contributed by atoms with Crippen molar-refractivity contribution >= 4 is 79.9 Å². The lowest BCUT2D eigenvalue weighted by atomic mass is 9.33. The number of anilines is 9. The van der Waals surface area contributed by atoms with Gasteiger partial charge in [0.15, 0.2) is 0 Å². The van der Waals surface area contributed by atoms with Crippen LogP contribution in [0.15, 0.2) is 280 Å². The van der Waals surface area contributed by atoms with E-state index in [1.807, 2.05) is 18.2 Å². The summed E-state index contributed by atoms with van der Waals surface area (Å²) in [7, 11) is 0. The zero-order chi connectivity index (χ0) is 47.0. The van der Waals surface area contributed by atoms with Gasteiger partial charge in [0.1, 0.15) is 0 Å². The molecule has 0 spiro atoms. The third-order valence-electron chi connectivity index (χ3n) is 13.7. The van der Waals surface area contributed by atoms with Crippen molar-refractivity contribution in [1.29, 1.82) is 0 Å². The number of nitrogens with zero attached hydrogens (tertiary/aromatic N) is 3. The first kappa shape index (κ1) is 42.3. The van der Waals surface area contributed by atoms with E-state index in [2.05, 4.69) is 277 Å². The van der Waals surface area contributed by atoms with Crippen LogP contribution in [-0.2, 0) is 0 Å². The number of hydrogen-bond donors (Lipinski definition) is 0. The minimum atomic E-state index is -0.0991. The summed E-state index contributed by atoms with van der Waals surface area (Å²) in [6.45, 7) is 8.16. The predicted octanol–water partition coefficient (Wildman–Crippen LogP) is 16.0. The maximum Gasteiger partial charge on any atom is 0.252 e. The van der Waals surface area contributed by atoms with Gasteiger partial charge in [-0.3, -0.25) is 0 Å². The quantitative estimate of drug-likeness (QED) is 0.0946. The molecule has 0 N–H and O–H groups in total. The summed E-state index contributed by atoms with van der Waals surface area (Å²) in [5, 5.41) is 0. The van der Waals surface area contributed by atoms with Gasteiger partial charge in [0, 0.05) is 45.5 Å². The van der Waals surface area contributed by atoms with E-state index in [0.29, 0.717) is 0 Å². The van der Waals surface area contributed by atoms with Crippen LogP contribution >= 0.6 is 0 Å². The van der Waals surface area contributed by atoms with E-state index in [1.54, 1.807) is 0 Å². The summed E-state index contributed by atoms with van der Waals surface area (Å²) in [5.74, 6) is 0. The van der Waals surface area contributed by atoms with Gasteiger partial charge < -0.3 is 14.7 Å². The van der Waals surface area contributed by atoms with Crippen molar-refractivity contribution < 1.29 is 0 Å². The van der Waals surface area contributed by atoms with Crippen molar-refractivity contribution in [2.75, 3.05) is 14.7 Å². The van der Waals surface area contributed by atoms with Gasteiger partial charge in [-0.15, -0.1) is 0 Å². The van der Waals surface area contributed by atoms with E-state index in [4.69, 9.17) is 0 Å². The summed E-state index contributed by atoms with van der Waals surface area (Å²) in [6, 6.07) is 90.7. The minimum Gasteiger partial charge on any atom is -0.311 e. The molecule has 0 atom stereocenters. The van der Waals surface area contributed by atoms with Gasteiger partial charge >= 0.3 is 0 Å². The van der Waals surface area contributed by atoms with Crippen molar-refractivity contribution in [3.63, 3.8) is 0 Å². The molecule has 0 amide bonds. The van der Waals surface area contributed by atoms with Gasteiger partial charge in [0.25, 0.3) is 6.71 Å².